The van der Waals surface area contributed by atoms with Crippen LogP contribution in [0.3, 0.4) is 0 Å². The number of rotatable bonds is 13. The number of hydrogen-bond acceptors (Lipinski definition) is 0. The van der Waals surface area contributed by atoms with Crippen molar-refractivity contribution >= 4 is 143 Å². The van der Waals surface area contributed by atoms with Gasteiger partial charge in [0, 0.05) is 0 Å². The van der Waals surface area contributed by atoms with E-state index in [4.69, 9.17) is 0 Å². The summed E-state index contributed by atoms with van der Waals surface area (Å²) in [6.45, 7) is 91.4. The third kappa shape index (κ3) is 12.2. The van der Waals surface area contributed by atoms with Crippen molar-refractivity contribution in [2.75, 3.05) is 0 Å². The van der Waals surface area contributed by atoms with Crippen molar-refractivity contribution in [3.63, 3.8) is 0 Å². The van der Waals surface area contributed by atoms with Crippen LogP contribution < -0.4 is 99.5 Å². The van der Waals surface area contributed by atoms with Crippen LogP contribution in [0.25, 0.3) is 0 Å². The zero-order valence-electron chi connectivity index (χ0n) is 52.4. The van der Waals surface area contributed by atoms with Crippen molar-refractivity contribution in [3.8, 4) is 0 Å². The molecule has 0 atom stereocenters. The Balaban J connectivity index is 0.00000840. The fourth-order valence-corrected chi connectivity index (χ4v) is 52.7. The molecule has 1 aliphatic rings. The monoisotopic (exact) mass is 1220 g/mol. The summed E-state index contributed by atoms with van der Waals surface area (Å²) in [6.07, 6.45) is 0. The Morgan fingerprint density at radius 1 is 0.268 bits per heavy atom. The second-order valence-electron chi connectivity index (χ2n) is 31.3. The van der Waals surface area contributed by atoms with E-state index in [2.05, 4.69) is 264 Å². The van der Waals surface area contributed by atoms with Crippen molar-refractivity contribution in [3.05, 3.63) is 57.2 Å². The molecule has 71 heavy (non-hydrogen) atoms. The fourth-order valence-electron chi connectivity index (χ4n) is 13.9. The van der Waals surface area contributed by atoms with Gasteiger partial charge in [-0.25, -0.2) is 0 Å². The normalized spacial score (nSPS) is 15.8. The molecule has 0 heterocycles. The summed E-state index contributed by atoms with van der Waals surface area (Å²) in [5.74, 6) is 0. The predicted molar refractivity (Wildman–Crippen MR) is 344 cm³/mol. The Morgan fingerprint density at radius 3 is 0.563 bits per heavy atom. The van der Waals surface area contributed by atoms with Crippen LogP contribution in [-0.2, 0) is 20.4 Å². The van der Waals surface area contributed by atoms with Crippen LogP contribution in [0.1, 0.15) is 44.4 Å². The van der Waals surface area contributed by atoms with E-state index in [1.54, 1.807) is 70.1 Å². The van der Waals surface area contributed by atoms with Crippen molar-refractivity contribution in [1.29, 1.82) is 0 Å². The molecule has 0 spiro atoms. The molecule has 0 nitrogen and oxygen atoms in total. The molecule has 0 saturated carbocycles. The molecule has 0 amide bonds. The van der Waals surface area contributed by atoms with Gasteiger partial charge in [0.15, 0.2) is 0 Å². The Labute approximate surface area is 481 Å². The largest absolute Gasteiger partial charge is 1.00 e. The average molecular weight is 1230 g/mol. The minimum absolute atomic E-state index is 0. The molecular weight excluding hydrogens is 1120 g/mol. The number of benzene rings is 3. The Kier molecular flexibility index (Phi) is 21.2. The molecule has 1 aliphatic carbocycles. The number of halogens is 3. The zero-order valence-corrected chi connectivity index (χ0v) is 66.2. The van der Waals surface area contributed by atoms with Gasteiger partial charge in [-0.3, -0.25) is 0 Å². The predicted octanol–water partition coefficient (Wildman–Crippen LogP) is 1.93. The molecule has 0 N–H and O–H groups in total. The minimum Gasteiger partial charge on any atom is -1.00 e. The molecule has 398 valence electrons. The molecule has 3 aromatic rings. The molecule has 0 radical (unpaired) electrons. The SMILES string of the molecule is CC1=C(C)[C]([Ti+3])([Si](c2cc([Si](C)(C)C)c([Si](C)(C)C)c(C)c2[Si](C)(C)C)(c2cc([Si](C)(C)C)c([Si](C)(C)C)c(C)c2[Si](C)(C)C)c2cc([Si](C)(C)C)c([Si](C)(C)C)c(C)c2[Si](C)(C)C)C(C)=C1C.[Cl-].[Cl-].[Cl-]. The molecule has 3 aromatic carbocycles. The van der Waals surface area contributed by atoms with Crippen molar-refractivity contribution < 1.29 is 57.7 Å². The van der Waals surface area contributed by atoms with Crippen LogP contribution in [0.15, 0.2) is 40.5 Å². The smallest absolute Gasteiger partial charge is 1.00 e. The Hall–Kier alpha value is 0.893. The van der Waals surface area contributed by atoms with E-state index < -0.39 is 80.7 Å². The topological polar surface area (TPSA) is 0 Å². The van der Waals surface area contributed by atoms with Gasteiger partial charge in [-0.05, 0) is 0 Å². The maximum atomic E-state index is 3.09. The second-order valence-corrected chi connectivity index (χ2v) is 82.2. The Morgan fingerprint density at radius 2 is 0.423 bits per heavy atom. The quantitative estimate of drug-likeness (QED) is 0.182. The zero-order chi connectivity index (χ0) is 53.6. The third-order valence-electron chi connectivity index (χ3n) is 16.2. The van der Waals surface area contributed by atoms with Crippen LogP contribution in [0.2, 0.25) is 180 Å². The summed E-state index contributed by atoms with van der Waals surface area (Å²) < 4.78 is -0.199. The molecule has 0 fully saturated rings. The molecule has 0 bridgehead atoms. The third-order valence-corrected chi connectivity index (χ3v) is 45.1. The van der Waals surface area contributed by atoms with E-state index in [9.17, 15) is 0 Å². The van der Waals surface area contributed by atoms with Crippen molar-refractivity contribution in [2.24, 2.45) is 0 Å². The van der Waals surface area contributed by atoms with E-state index in [1.807, 2.05) is 31.1 Å². The Bertz CT molecular complexity index is 2330. The first-order valence-electron chi connectivity index (χ1n) is 26.5. The van der Waals surface area contributed by atoms with E-state index >= 15 is 0 Å². The number of allylic oxidation sites excluding steroid dienone is 4. The summed E-state index contributed by atoms with van der Waals surface area (Å²) in [4.78, 5) is 0. The first-order chi connectivity index (χ1) is 29.8. The maximum absolute atomic E-state index is 3.36. The van der Waals surface area contributed by atoms with Gasteiger partial charge in [-0.1, -0.05) is 0 Å². The van der Waals surface area contributed by atoms with Crippen molar-refractivity contribution in [2.45, 2.75) is 229 Å². The van der Waals surface area contributed by atoms with Gasteiger partial charge in [-0.2, -0.15) is 0 Å². The average Bonchev–Trinajstić information content (AvgIpc) is 3.22. The van der Waals surface area contributed by atoms with Gasteiger partial charge in [0.1, 0.15) is 0 Å². The van der Waals surface area contributed by atoms with Crippen LogP contribution in [0.5, 0.6) is 0 Å². The molecule has 4 rings (SSSR count). The van der Waals surface area contributed by atoms with E-state index in [-0.39, 0.29) is 40.6 Å². The molecule has 14 heteroatoms. The molecule has 0 aromatic heterocycles. The minimum atomic E-state index is -3.36. The van der Waals surface area contributed by atoms with Crippen LogP contribution >= 0.6 is 0 Å². The summed E-state index contributed by atoms with van der Waals surface area (Å²) in [5.41, 5.74) is 11.6. The van der Waals surface area contributed by atoms with Gasteiger partial charge < -0.3 is 37.2 Å². The summed E-state index contributed by atoms with van der Waals surface area (Å²) in [6, 6.07) is 9.28. The summed E-state index contributed by atoms with van der Waals surface area (Å²) >= 11 is 2.88. The number of hydrogen-bond donors (Lipinski definition) is 0. The van der Waals surface area contributed by atoms with Crippen LogP contribution in [0, 0.1) is 20.8 Å². The van der Waals surface area contributed by atoms with Crippen LogP contribution in [-0.4, -0.2) is 80.7 Å². The van der Waals surface area contributed by atoms with Crippen LogP contribution in [0.4, 0.5) is 0 Å². The van der Waals surface area contributed by atoms with E-state index in [0.29, 0.717) is 0 Å². The summed E-state index contributed by atoms with van der Waals surface area (Å²) in [5, 5.41) is 21.8. The maximum Gasteiger partial charge on any atom is -1.00 e. The fraction of sp³-hybridized carbons (Fsp3) is 0.614. The van der Waals surface area contributed by atoms with Gasteiger partial charge in [0.05, 0.1) is 0 Å². The van der Waals surface area contributed by atoms with Gasteiger partial charge in [-0.15, -0.1) is 0 Å². The first kappa shape index (κ1) is 69.9. The first-order valence-corrected chi connectivity index (χ1v) is 60.8. The standard InChI is InChI=1S/C57H105Si10.3ClH.Ti/c1-38-39(2)41(4)51(40(38)3)67(48-35-45(58(8,9)10)52(61(17,18)19)42(5)55(48)64(26,27)28,49-36-46(59(11,12)13)53(62(20,21)22)43(6)56(49)65(29,30)31)50-37-47(60(14,15)16)54(63(23,24)25)44(7)57(50)66(32,33)34;;;;/h35-37H,1-34H3;3*1H;/q;;;;+3/p-3. The van der Waals surface area contributed by atoms with E-state index in [1.165, 1.54) is 0 Å². The molecule has 0 aliphatic heterocycles. The van der Waals surface area contributed by atoms with Gasteiger partial charge in [0.2, 0.25) is 0 Å². The van der Waals surface area contributed by atoms with Crippen molar-refractivity contribution in [1.82, 2.24) is 0 Å². The molecule has 0 unspecified atom stereocenters. The van der Waals surface area contributed by atoms with Gasteiger partial charge in [0.25, 0.3) is 0 Å². The summed E-state index contributed by atoms with van der Waals surface area (Å²) in [7, 11) is -20.9. The molecule has 0 saturated heterocycles. The molecular formula is C57H105Cl3Si10Ti. The van der Waals surface area contributed by atoms with Gasteiger partial charge >= 0.3 is 449 Å². The van der Waals surface area contributed by atoms with E-state index in [0.717, 1.165) is 0 Å². The second kappa shape index (κ2) is 21.5.